The molecule has 0 saturated carbocycles. The van der Waals surface area contributed by atoms with E-state index < -0.39 is 0 Å². The monoisotopic (exact) mass is 380 g/mol. The van der Waals surface area contributed by atoms with Crippen LogP contribution in [-0.2, 0) is 11.3 Å². The van der Waals surface area contributed by atoms with Crippen LogP contribution in [0.15, 0.2) is 48.7 Å². The number of nitrogens with one attached hydrogen (secondary N) is 1. The number of aromatic nitrogens is 3. The van der Waals surface area contributed by atoms with Gasteiger partial charge in [-0.25, -0.2) is 9.07 Å². The van der Waals surface area contributed by atoms with Gasteiger partial charge >= 0.3 is 0 Å². The van der Waals surface area contributed by atoms with Crippen molar-refractivity contribution in [2.75, 3.05) is 0 Å². The lowest BCUT2D eigenvalue weighted by Crippen LogP contribution is -2.20. The fourth-order valence-electron chi connectivity index (χ4n) is 3.21. The highest BCUT2D eigenvalue weighted by Crippen LogP contribution is 2.23. The number of nitrogens with zero attached hydrogens (tertiary/aromatic N) is 3. The summed E-state index contributed by atoms with van der Waals surface area (Å²) in [7, 11) is 0. The Morgan fingerprint density at radius 1 is 1.21 bits per heavy atom. The van der Waals surface area contributed by atoms with E-state index in [4.69, 9.17) is 0 Å². The van der Waals surface area contributed by atoms with Crippen LogP contribution in [0.4, 0.5) is 4.39 Å². The first-order valence-corrected chi connectivity index (χ1v) is 9.30. The maximum Gasteiger partial charge on any atom is 0.244 e. The van der Waals surface area contributed by atoms with E-state index in [9.17, 15) is 9.18 Å². The van der Waals surface area contributed by atoms with Crippen LogP contribution in [0.5, 0.6) is 0 Å². The van der Waals surface area contributed by atoms with Crippen molar-refractivity contribution in [3.05, 3.63) is 77.0 Å². The fraction of sp³-hybridized carbons (Fsp3) is 0.273. The van der Waals surface area contributed by atoms with Crippen molar-refractivity contribution in [3.63, 3.8) is 0 Å². The quantitative estimate of drug-likeness (QED) is 0.647. The Labute approximate surface area is 164 Å². The predicted octanol–water partition coefficient (Wildman–Crippen LogP) is 4.34. The second-order valence-corrected chi connectivity index (χ2v) is 7.07. The highest BCUT2D eigenvalue weighted by Gasteiger charge is 2.14. The Bertz CT molecular complexity index is 996. The molecule has 0 bridgehead atoms. The summed E-state index contributed by atoms with van der Waals surface area (Å²) in [5.74, 6) is 0.524. The Morgan fingerprint density at radius 2 is 1.93 bits per heavy atom. The highest BCUT2D eigenvalue weighted by molar-refractivity contribution is 5.91. The normalized spacial score (nSPS) is 11.5. The van der Waals surface area contributed by atoms with E-state index in [0.29, 0.717) is 6.54 Å². The molecule has 2 aromatic heterocycles. The van der Waals surface area contributed by atoms with E-state index in [1.165, 1.54) is 18.2 Å². The van der Waals surface area contributed by atoms with Gasteiger partial charge in [0.05, 0.1) is 6.20 Å². The largest absolute Gasteiger partial charge is 0.348 e. The molecule has 1 amide bonds. The zero-order valence-corrected chi connectivity index (χ0v) is 16.6. The molecule has 0 atom stereocenters. The number of aryl methyl sites for hydroxylation is 1. The standard InChI is InChI=1S/C22H25FN4O/c1-15(2)27-22(11-12-25-27)26-16(3)13-19(17(26)4)7-10-21(28)24-14-18-5-8-20(23)9-6-18/h5-13,15H,14H2,1-4H3,(H,24,28)/b10-7+. The molecule has 2 heterocycles. The van der Waals surface area contributed by atoms with E-state index in [-0.39, 0.29) is 17.8 Å². The van der Waals surface area contributed by atoms with E-state index >= 15 is 0 Å². The van der Waals surface area contributed by atoms with Crippen molar-refractivity contribution in [2.45, 2.75) is 40.3 Å². The molecule has 0 radical (unpaired) electrons. The lowest BCUT2D eigenvalue weighted by Gasteiger charge is -2.15. The van der Waals surface area contributed by atoms with Crippen LogP contribution in [-0.4, -0.2) is 20.3 Å². The zero-order chi connectivity index (χ0) is 20.3. The van der Waals surface area contributed by atoms with Crippen molar-refractivity contribution in [2.24, 2.45) is 0 Å². The first-order chi connectivity index (χ1) is 13.4. The second kappa shape index (κ2) is 8.25. The third-order valence-corrected chi connectivity index (χ3v) is 4.63. The molecule has 6 heteroatoms. The van der Waals surface area contributed by atoms with Crippen LogP contribution < -0.4 is 5.32 Å². The van der Waals surface area contributed by atoms with Gasteiger partial charge < -0.3 is 9.88 Å². The number of halogens is 1. The van der Waals surface area contributed by atoms with Crippen LogP contribution in [0.1, 0.15) is 42.4 Å². The molecule has 0 spiro atoms. The van der Waals surface area contributed by atoms with Gasteiger partial charge in [-0.15, -0.1) is 0 Å². The number of rotatable bonds is 6. The number of carbonyl (C=O) groups excluding carboxylic acids is 1. The third-order valence-electron chi connectivity index (χ3n) is 4.63. The first kappa shape index (κ1) is 19.6. The van der Waals surface area contributed by atoms with E-state index in [1.807, 2.05) is 30.7 Å². The van der Waals surface area contributed by atoms with Crippen molar-refractivity contribution in [1.82, 2.24) is 19.7 Å². The maximum absolute atomic E-state index is 12.9. The van der Waals surface area contributed by atoms with Gasteiger partial charge in [0.1, 0.15) is 11.6 Å². The molecule has 0 fully saturated rings. The van der Waals surface area contributed by atoms with Crippen molar-refractivity contribution >= 4 is 12.0 Å². The van der Waals surface area contributed by atoms with Crippen molar-refractivity contribution < 1.29 is 9.18 Å². The Kier molecular flexibility index (Phi) is 5.78. The number of hydrogen-bond acceptors (Lipinski definition) is 2. The smallest absolute Gasteiger partial charge is 0.244 e. The molecule has 1 N–H and O–H groups in total. The molecular weight excluding hydrogens is 355 g/mol. The second-order valence-electron chi connectivity index (χ2n) is 7.07. The lowest BCUT2D eigenvalue weighted by atomic mass is 10.2. The summed E-state index contributed by atoms with van der Waals surface area (Å²) in [4.78, 5) is 12.1. The molecule has 0 saturated heterocycles. The zero-order valence-electron chi connectivity index (χ0n) is 16.6. The minimum Gasteiger partial charge on any atom is -0.348 e. The molecule has 0 aliphatic rings. The van der Waals surface area contributed by atoms with Gasteiger partial charge in [0, 0.05) is 36.1 Å². The van der Waals surface area contributed by atoms with Gasteiger partial charge in [0.15, 0.2) is 0 Å². The van der Waals surface area contributed by atoms with E-state index in [0.717, 1.165) is 28.3 Å². The van der Waals surface area contributed by atoms with Gasteiger partial charge in [-0.2, -0.15) is 5.10 Å². The summed E-state index contributed by atoms with van der Waals surface area (Å²) in [6.45, 7) is 8.61. The Morgan fingerprint density at radius 3 is 2.61 bits per heavy atom. The minimum absolute atomic E-state index is 0.193. The SMILES string of the molecule is Cc1cc(/C=C/C(=O)NCc2ccc(F)cc2)c(C)n1-c1ccnn1C(C)C. The van der Waals surface area contributed by atoms with E-state index in [1.54, 1.807) is 18.3 Å². The average Bonchev–Trinajstić information content (AvgIpc) is 3.23. The minimum atomic E-state index is -0.288. The number of amides is 1. The molecule has 146 valence electrons. The molecule has 0 aliphatic carbocycles. The van der Waals surface area contributed by atoms with Crippen LogP contribution in [0.2, 0.25) is 0 Å². The summed E-state index contributed by atoms with van der Waals surface area (Å²) in [5.41, 5.74) is 3.95. The summed E-state index contributed by atoms with van der Waals surface area (Å²) < 4.78 is 17.0. The van der Waals surface area contributed by atoms with Crippen molar-refractivity contribution in [1.29, 1.82) is 0 Å². The van der Waals surface area contributed by atoms with Crippen molar-refractivity contribution in [3.8, 4) is 5.82 Å². The van der Waals surface area contributed by atoms with Crippen LogP contribution in [0.3, 0.4) is 0 Å². The first-order valence-electron chi connectivity index (χ1n) is 9.30. The summed E-state index contributed by atoms with van der Waals surface area (Å²) >= 11 is 0. The molecule has 1 aromatic carbocycles. The predicted molar refractivity (Wildman–Crippen MR) is 109 cm³/mol. The maximum atomic E-state index is 12.9. The van der Waals surface area contributed by atoms with Crippen LogP contribution in [0.25, 0.3) is 11.9 Å². The third kappa shape index (κ3) is 4.22. The molecule has 0 unspecified atom stereocenters. The fourth-order valence-corrected chi connectivity index (χ4v) is 3.21. The molecule has 5 nitrogen and oxygen atoms in total. The topological polar surface area (TPSA) is 51.9 Å². The average molecular weight is 380 g/mol. The lowest BCUT2D eigenvalue weighted by molar-refractivity contribution is -0.116. The Balaban J connectivity index is 1.73. The highest BCUT2D eigenvalue weighted by atomic mass is 19.1. The van der Waals surface area contributed by atoms with Gasteiger partial charge in [0.25, 0.3) is 0 Å². The molecule has 0 aliphatic heterocycles. The van der Waals surface area contributed by atoms with Gasteiger partial charge in [-0.05, 0) is 63.1 Å². The summed E-state index contributed by atoms with van der Waals surface area (Å²) in [5, 5.41) is 7.22. The van der Waals surface area contributed by atoms with Gasteiger partial charge in [-0.3, -0.25) is 4.79 Å². The molecular formula is C22H25FN4O. The van der Waals surface area contributed by atoms with Gasteiger partial charge in [-0.1, -0.05) is 12.1 Å². The summed E-state index contributed by atoms with van der Waals surface area (Å²) in [6.07, 6.45) is 5.14. The van der Waals surface area contributed by atoms with Crippen LogP contribution in [0, 0.1) is 19.7 Å². The van der Waals surface area contributed by atoms with E-state index in [2.05, 4.69) is 34.9 Å². The summed E-state index contributed by atoms with van der Waals surface area (Å²) in [6, 6.07) is 10.4. The molecule has 3 aromatic rings. The number of carbonyl (C=O) groups is 1. The molecule has 3 rings (SSSR count). The number of hydrogen-bond donors (Lipinski definition) is 1. The number of benzene rings is 1. The van der Waals surface area contributed by atoms with Gasteiger partial charge in [0.2, 0.25) is 5.91 Å². The Hall–Kier alpha value is -3.15. The van der Waals surface area contributed by atoms with Crippen LogP contribution >= 0.6 is 0 Å². The molecule has 28 heavy (non-hydrogen) atoms.